The second kappa shape index (κ2) is 9.44. The molecule has 0 aliphatic rings. The van der Waals surface area contributed by atoms with Crippen molar-refractivity contribution >= 4 is 21.7 Å². The van der Waals surface area contributed by atoms with Gasteiger partial charge in [-0.2, -0.15) is 8.42 Å². The third kappa shape index (κ3) is 7.84. The molecule has 21 heavy (non-hydrogen) atoms. The van der Waals surface area contributed by atoms with E-state index < -0.39 is 10.1 Å². The van der Waals surface area contributed by atoms with Crippen LogP contribution in [0.5, 0.6) is 0 Å². The van der Waals surface area contributed by atoms with Crippen molar-refractivity contribution in [1.82, 2.24) is 0 Å². The molecule has 0 radical (unpaired) electrons. The Bertz CT molecular complexity index is 514. The van der Waals surface area contributed by atoms with Crippen LogP contribution < -0.4 is 0 Å². The average molecular weight is 333 g/mol. The minimum atomic E-state index is -3.42. The Morgan fingerprint density at radius 3 is 2.43 bits per heavy atom. The SMILES string of the molecule is CCCCCCCC(COS(C)(=O)=O)c1ccccc1Cl. The van der Waals surface area contributed by atoms with E-state index in [1.54, 1.807) is 0 Å². The van der Waals surface area contributed by atoms with Gasteiger partial charge in [-0.3, -0.25) is 4.18 Å². The second-order valence-electron chi connectivity index (χ2n) is 5.41. The predicted molar refractivity (Wildman–Crippen MR) is 88.4 cm³/mol. The molecule has 0 spiro atoms. The van der Waals surface area contributed by atoms with E-state index in [2.05, 4.69) is 6.92 Å². The normalized spacial score (nSPS) is 13.3. The Morgan fingerprint density at radius 2 is 1.81 bits per heavy atom. The van der Waals surface area contributed by atoms with Gasteiger partial charge in [0.25, 0.3) is 10.1 Å². The van der Waals surface area contributed by atoms with E-state index in [0.29, 0.717) is 5.02 Å². The number of rotatable bonds is 10. The standard InChI is InChI=1S/C16H25ClO3S/c1-3-4-5-6-7-10-14(13-20-21(2,18)19)15-11-8-9-12-16(15)17/h8-9,11-12,14H,3-7,10,13H2,1-2H3. The van der Waals surface area contributed by atoms with Crippen LogP contribution in [0.3, 0.4) is 0 Å². The topological polar surface area (TPSA) is 43.4 Å². The van der Waals surface area contributed by atoms with Crippen LogP contribution in [0.2, 0.25) is 5.02 Å². The molecule has 0 saturated carbocycles. The Hall–Kier alpha value is -0.580. The lowest BCUT2D eigenvalue weighted by molar-refractivity contribution is 0.285. The molecule has 1 aromatic rings. The van der Waals surface area contributed by atoms with Crippen LogP contribution in [0, 0.1) is 0 Å². The maximum atomic E-state index is 11.2. The van der Waals surface area contributed by atoms with E-state index in [1.807, 2.05) is 24.3 Å². The van der Waals surface area contributed by atoms with Crippen molar-refractivity contribution in [3.8, 4) is 0 Å². The summed E-state index contributed by atoms with van der Waals surface area (Å²) in [5.41, 5.74) is 0.971. The number of unbranched alkanes of at least 4 members (excludes halogenated alkanes) is 4. The van der Waals surface area contributed by atoms with Gasteiger partial charge in [0, 0.05) is 10.9 Å². The fourth-order valence-corrected chi connectivity index (χ4v) is 3.04. The van der Waals surface area contributed by atoms with Crippen molar-refractivity contribution in [2.45, 2.75) is 51.4 Å². The molecule has 1 atom stereocenters. The Labute approximate surface area is 133 Å². The molecular formula is C16H25ClO3S. The van der Waals surface area contributed by atoms with Gasteiger partial charge in [0.05, 0.1) is 12.9 Å². The van der Waals surface area contributed by atoms with Gasteiger partial charge in [0.1, 0.15) is 0 Å². The van der Waals surface area contributed by atoms with Crippen LogP contribution >= 0.6 is 11.6 Å². The maximum absolute atomic E-state index is 11.2. The van der Waals surface area contributed by atoms with Crippen LogP contribution in [0.4, 0.5) is 0 Å². The van der Waals surface area contributed by atoms with E-state index in [0.717, 1.165) is 31.1 Å². The zero-order valence-corrected chi connectivity index (χ0v) is 14.4. The summed E-state index contributed by atoms with van der Waals surface area (Å²) in [6.45, 7) is 2.35. The van der Waals surface area contributed by atoms with Crippen molar-refractivity contribution < 1.29 is 12.6 Å². The van der Waals surface area contributed by atoms with Crippen molar-refractivity contribution in [1.29, 1.82) is 0 Å². The van der Waals surface area contributed by atoms with E-state index >= 15 is 0 Å². The molecule has 0 N–H and O–H groups in total. The van der Waals surface area contributed by atoms with E-state index in [9.17, 15) is 8.42 Å². The number of hydrogen-bond acceptors (Lipinski definition) is 3. The van der Waals surface area contributed by atoms with Crippen LogP contribution in [0.15, 0.2) is 24.3 Å². The first-order chi connectivity index (χ1) is 9.94. The number of hydrogen-bond donors (Lipinski definition) is 0. The summed E-state index contributed by atoms with van der Waals surface area (Å²) in [7, 11) is -3.42. The molecule has 0 saturated heterocycles. The summed E-state index contributed by atoms with van der Waals surface area (Å²) in [6, 6.07) is 7.58. The zero-order valence-electron chi connectivity index (χ0n) is 12.8. The highest BCUT2D eigenvalue weighted by Gasteiger charge is 2.17. The molecule has 0 heterocycles. The molecule has 1 unspecified atom stereocenters. The molecule has 0 aliphatic carbocycles. The molecule has 1 aromatic carbocycles. The fourth-order valence-electron chi connectivity index (χ4n) is 2.33. The molecule has 0 aliphatic heterocycles. The van der Waals surface area contributed by atoms with E-state index in [1.165, 1.54) is 19.3 Å². The van der Waals surface area contributed by atoms with Gasteiger partial charge in [-0.15, -0.1) is 0 Å². The average Bonchev–Trinajstić information content (AvgIpc) is 2.42. The summed E-state index contributed by atoms with van der Waals surface area (Å²) in [6.07, 6.45) is 7.87. The van der Waals surface area contributed by atoms with Gasteiger partial charge < -0.3 is 0 Å². The molecule has 5 heteroatoms. The third-order valence-corrected chi connectivity index (χ3v) is 4.39. The van der Waals surface area contributed by atoms with E-state index in [4.69, 9.17) is 15.8 Å². The second-order valence-corrected chi connectivity index (χ2v) is 7.46. The summed E-state index contributed by atoms with van der Waals surface area (Å²) >= 11 is 6.23. The highest BCUT2D eigenvalue weighted by molar-refractivity contribution is 7.85. The van der Waals surface area contributed by atoms with Gasteiger partial charge in [0.15, 0.2) is 0 Å². The minimum Gasteiger partial charge on any atom is -0.270 e. The van der Waals surface area contributed by atoms with Crippen molar-refractivity contribution in [2.24, 2.45) is 0 Å². The van der Waals surface area contributed by atoms with Crippen molar-refractivity contribution in [3.63, 3.8) is 0 Å². The quantitative estimate of drug-likeness (QED) is 0.458. The smallest absolute Gasteiger partial charge is 0.264 e. The molecular weight excluding hydrogens is 308 g/mol. The lowest BCUT2D eigenvalue weighted by Gasteiger charge is -2.18. The van der Waals surface area contributed by atoms with Crippen LogP contribution in [0.25, 0.3) is 0 Å². The zero-order chi connectivity index (χ0) is 15.7. The summed E-state index contributed by atoms with van der Waals surface area (Å²) in [4.78, 5) is 0. The number of halogens is 1. The minimum absolute atomic E-state index is 0.0232. The van der Waals surface area contributed by atoms with Crippen molar-refractivity contribution in [2.75, 3.05) is 12.9 Å². The molecule has 0 amide bonds. The number of benzene rings is 1. The molecule has 120 valence electrons. The summed E-state index contributed by atoms with van der Waals surface area (Å²) in [5.74, 6) is 0.0232. The van der Waals surface area contributed by atoms with E-state index in [-0.39, 0.29) is 12.5 Å². The Morgan fingerprint density at radius 1 is 1.14 bits per heavy atom. The first-order valence-corrected chi connectivity index (χ1v) is 9.72. The molecule has 0 aromatic heterocycles. The lowest BCUT2D eigenvalue weighted by Crippen LogP contribution is -2.13. The predicted octanol–water partition coefficient (Wildman–Crippen LogP) is 4.76. The Balaban J connectivity index is 2.64. The van der Waals surface area contributed by atoms with Gasteiger partial charge >= 0.3 is 0 Å². The van der Waals surface area contributed by atoms with Gasteiger partial charge in [0.2, 0.25) is 0 Å². The van der Waals surface area contributed by atoms with Gasteiger partial charge in [-0.05, 0) is 18.1 Å². The largest absolute Gasteiger partial charge is 0.270 e. The molecule has 1 rings (SSSR count). The van der Waals surface area contributed by atoms with Gasteiger partial charge in [-0.25, -0.2) is 0 Å². The molecule has 3 nitrogen and oxygen atoms in total. The summed E-state index contributed by atoms with van der Waals surface area (Å²) in [5, 5.41) is 0.674. The first-order valence-electron chi connectivity index (χ1n) is 7.53. The van der Waals surface area contributed by atoms with Crippen LogP contribution in [0.1, 0.15) is 56.9 Å². The van der Waals surface area contributed by atoms with Crippen LogP contribution in [-0.4, -0.2) is 21.3 Å². The van der Waals surface area contributed by atoms with Crippen LogP contribution in [-0.2, 0) is 14.3 Å². The maximum Gasteiger partial charge on any atom is 0.264 e. The fraction of sp³-hybridized carbons (Fsp3) is 0.625. The highest BCUT2D eigenvalue weighted by atomic mass is 35.5. The monoisotopic (exact) mass is 332 g/mol. The Kier molecular flexibility index (Phi) is 8.30. The molecule has 0 bridgehead atoms. The van der Waals surface area contributed by atoms with Crippen molar-refractivity contribution in [3.05, 3.63) is 34.9 Å². The lowest BCUT2D eigenvalue weighted by atomic mass is 9.93. The summed E-state index contributed by atoms with van der Waals surface area (Å²) < 4.78 is 27.4. The first kappa shape index (κ1) is 18.5. The van der Waals surface area contributed by atoms with Gasteiger partial charge in [-0.1, -0.05) is 68.8 Å². The highest BCUT2D eigenvalue weighted by Crippen LogP contribution is 2.29. The third-order valence-electron chi connectivity index (χ3n) is 3.48. The molecule has 0 fully saturated rings.